The van der Waals surface area contributed by atoms with Gasteiger partial charge in [-0.05, 0) is 121 Å². The van der Waals surface area contributed by atoms with Crippen LogP contribution in [0.2, 0.25) is 0 Å². The molecule has 0 amide bonds. The molecule has 0 N–H and O–H groups in total. The van der Waals surface area contributed by atoms with Gasteiger partial charge in [0.05, 0.1) is 11.4 Å². The van der Waals surface area contributed by atoms with E-state index in [1.807, 2.05) is 97.1 Å². The molecular formula is C39H42N7OOs. The Bertz CT molecular complexity index is 1930. The Morgan fingerprint density at radius 1 is 0.667 bits per heavy atom. The minimum atomic E-state index is 0. The number of aryl methyl sites for hydroxylation is 5. The van der Waals surface area contributed by atoms with Crippen molar-refractivity contribution in [2.45, 2.75) is 62.3 Å². The van der Waals surface area contributed by atoms with Crippen LogP contribution in [0.1, 0.15) is 50.6 Å². The normalized spacial score (nSPS) is 10.1. The molecule has 5 heterocycles. The van der Waals surface area contributed by atoms with Crippen LogP contribution in [0.4, 0.5) is 0 Å². The fraction of sp³-hybridized carbons (Fsp3) is 0.256. The van der Waals surface area contributed by atoms with Gasteiger partial charge in [-0.15, -0.1) is 36.3 Å². The third-order valence-corrected chi connectivity index (χ3v) is 7.83. The van der Waals surface area contributed by atoms with Gasteiger partial charge in [-0.2, -0.15) is 10.2 Å². The van der Waals surface area contributed by atoms with E-state index in [9.17, 15) is 0 Å². The molecular weight excluding hydrogens is 773 g/mol. The number of hydrogen-bond acceptors (Lipinski definition) is 6. The third kappa shape index (κ3) is 9.56. The summed E-state index contributed by atoms with van der Waals surface area (Å²) in [6.45, 7) is 18.8. The zero-order valence-electron chi connectivity index (χ0n) is 29.1. The summed E-state index contributed by atoms with van der Waals surface area (Å²) in [4.78, 5) is 13.0. The number of hydrogen-bond donors (Lipinski definition) is 0. The standard InChI is InChI=1S/C15H12NO.2C12H15N3.Os/c1-3-9-17-14-6-4-5-13(11-14)15-10-12(2)7-8-16-15;2*1-8-5-6-13-12(7-8)15-11(4)9(2)10(3)14-15;/h1,4,6-8,10-11H,9H2,2H3;2*5-7H,1-4H3;/q-1;;;+1. The van der Waals surface area contributed by atoms with Crippen molar-refractivity contribution in [1.82, 2.24) is 34.5 Å². The van der Waals surface area contributed by atoms with Crippen LogP contribution in [-0.2, 0) is 19.8 Å². The topological polar surface area (TPSA) is 83.5 Å². The SMILES string of the molecule is C#CCOc1cc[c-]c(-c2cc(C)ccn2)c1.Cc1ccnc(-n2nc(C)c(C)c2C)c1.Cc1ccnc(-n2nc(C)c(C)c2C)c1.[Os+]. The molecule has 247 valence electrons. The van der Waals surface area contributed by atoms with Gasteiger partial charge in [-0.3, -0.25) is 0 Å². The van der Waals surface area contributed by atoms with Crippen LogP contribution in [-0.4, -0.2) is 41.1 Å². The molecule has 0 unspecified atom stereocenters. The summed E-state index contributed by atoms with van der Waals surface area (Å²) in [5.74, 6) is 4.96. The van der Waals surface area contributed by atoms with Crippen molar-refractivity contribution in [1.29, 1.82) is 0 Å². The second-order valence-electron chi connectivity index (χ2n) is 11.4. The van der Waals surface area contributed by atoms with Crippen LogP contribution < -0.4 is 4.74 Å². The maximum Gasteiger partial charge on any atom is 1.00 e. The average Bonchev–Trinajstić information content (AvgIpc) is 3.48. The molecule has 0 bridgehead atoms. The Kier molecular flexibility index (Phi) is 13.5. The van der Waals surface area contributed by atoms with Crippen LogP contribution in [0, 0.1) is 80.7 Å². The van der Waals surface area contributed by atoms with Gasteiger partial charge in [0.15, 0.2) is 11.6 Å². The maximum atomic E-state index is 5.36. The zero-order valence-corrected chi connectivity index (χ0v) is 31.6. The Labute approximate surface area is 297 Å². The van der Waals surface area contributed by atoms with E-state index >= 15 is 0 Å². The monoisotopic (exact) mass is 816 g/mol. The number of ether oxygens (including phenoxy) is 1. The summed E-state index contributed by atoms with van der Waals surface area (Å²) in [5.41, 5.74) is 12.3. The van der Waals surface area contributed by atoms with E-state index < -0.39 is 0 Å². The van der Waals surface area contributed by atoms with Gasteiger partial charge in [0.2, 0.25) is 0 Å². The van der Waals surface area contributed by atoms with Gasteiger partial charge in [0.25, 0.3) is 0 Å². The van der Waals surface area contributed by atoms with Gasteiger partial charge in [-0.25, -0.2) is 19.3 Å². The van der Waals surface area contributed by atoms with Crippen LogP contribution in [0.5, 0.6) is 5.75 Å². The first-order valence-corrected chi connectivity index (χ1v) is 15.4. The molecule has 0 aliphatic carbocycles. The molecule has 1 radical (unpaired) electrons. The number of nitrogens with zero attached hydrogens (tertiary/aromatic N) is 7. The van der Waals surface area contributed by atoms with Crippen molar-refractivity contribution in [3.05, 3.63) is 130 Å². The summed E-state index contributed by atoms with van der Waals surface area (Å²) in [5, 5.41) is 8.95. The fourth-order valence-electron chi connectivity index (χ4n) is 4.65. The molecule has 1 aromatic carbocycles. The quantitative estimate of drug-likeness (QED) is 0.130. The first kappa shape index (κ1) is 37.5. The van der Waals surface area contributed by atoms with Gasteiger partial charge in [0, 0.05) is 35.7 Å². The third-order valence-electron chi connectivity index (χ3n) is 7.83. The molecule has 9 heteroatoms. The van der Waals surface area contributed by atoms with Gasteiger partial charge in [-0.1, -0.05) is 17.6 Å². The van der Waals surface area contributed by atoms with Gasteiger partial charge in [0.1, 0.15) is 6.61 Å². The number of terminal acetylenes is 1. The van der Waals surface area contributed by atoms with Crippen molar-refractivity contribution in [3.8, 4) is 41.0 Å². The predicted molar refractivity (Wildman–Crippen MR) is 188 cm³/mol. The average molecular weight is 815 g/mol. The minimum Gasteiger partial charge on any atom is -0.500 e. The second kappa shape index (κ2) is 17.3. The number of benzene rings is 1. The van der Waals surface area contributed by atoms with Crippen LogP contribution >= 0.6 is 0 Å². The minimum absolute atomic E-state index is 0. The van der Waals surface area contributed by atoms with Crippen LogP contribution in [0.3, 0.4) is 0 Å². The molecule has 6 aromatic rings. The molecule has 6 rings (SSSR count). The van der Waals surface area contributed by atoms with E-state index in [-0.39, 0.29) is 26.4 Å². The van der Waals surface area contributed by atoms with Crippen molar-refractivity contribution >= 4 is 0 Å². The van der Waals surface area contributed by atoms with E-state index in [2.05, 4.69) is 78.7 Å². The Morgan fingerprint density at radius 2 is 1.15 bits per heavy atom. The van der Waals surface area contributed by atoms with Crippen molar-refractivity contribution < 1.29 is 24.5 Å². The van der Waals surface area contributed by atoms with E-state index in [4.69, 9.17) is 11.2 Å². The molecule has 8 nitrogen and oxygen atoms in total. The van der Waals surface area contributed by atoms with Gasteiger partial charge >= 0.3 is 19.8 Å². The van der Waals surface area contributed by atoms with Crippen molar-refractivity contribution in [3.63, 3.8) is 0 Å². The second-order valence-corrected chi connectivity index (χ2v) is 11.4. The summed E-state index contributed by atoms with van der Waals surface area (Å²) in [6.07, 6.45) is 10.6. The van der Waals surface area contributed by atoms with E-state index in [1.54, 1.807) is 6.20 Å². The van der Waals surface area contributed by atoms with E-state index in [0.29, 0.717) is 0 Å². The van der Waals surface area contributed by atoms with Crippen molar-refractivity contribution in [2.24, 2.45) is 0 Å². The molecule has 0 atom stereocenters. The summed E-state index contributed by atoms with van der Waals surface area (Å²) in [6, 6.07) is 20.7. The fourth-order valence-corrected chi connectivity index (χ4v) is 4.65. The van der Waals surface area contributed by atoms with Crippen LogP contribution in [0.15, 0.2) is 73.2 Å². The Hall–Kier alpha value is -4.91. The Balaban J connectivity index is 0.000000194. The molecule has 0 spiro atoms. The maximum absolute atomic E-state index is 5.36. The number of aromatic nitrogens is 7. The Morgan fingerprint density at radius 3 is 1.56 bits per heavy atom. The smallest absolute Gasteiger partial charge is 0.500 e. The van der Waals surface area contributed by atoms with Crippen molar-refractivity contribution in [2.75, 3.05) is 6.61 Å². The number of rotatable bonds is 5. The molecule has 0 aliphatic heterocycles. The number of pyridine rings is 3. The molecule has 5 aromatic heterocycles. The summed E-state index contributed by atoms with van der Waals surface area (Å²) in [7, 11) is 0. The zero-order chi connectivity index (χ0) is 34.1. The summed E-state index contributed by atoms with van der Waals surface area (Å²) >= 11 is 0. The van der Waals surface area contributed by atoms with Crippen LogP contribution in [0.25, 0.3) is 22.9 Å². The first-order chi connectivity index (χ1) is 22.5. The molecule has 0 saturated carbocycles. The van der Waals surface area contributed by atoms with E-state index in [0.717, 1.165) is 51.4 Å². The molecule has 0 fully saturated rings. The predicted octanol–water partition coefficient (Wildman–Crippen LogP) is 7.87. The molecule has 0 saturated heterocycles. The molecule has 0 aliphatic rings. The van der Waals surface area contributed by atoms with Gasteiger partial charge < -0.3 is 9.72 Å². The molecule has 48 heavy (non-hydrogen) atoms. The summed E-state index contributed by atoms with van der Waals surface area (Å²) < 4.78 is 9.16. The first-order valence-electron chi connectivity index (χ1n) is 15.4. The van der Waals surface area contributed by atoms with E-state index in [1.165, 1.54) is 27.8 Å². The largest absolute Gasteiger partial charge is 1.00 e.